The highest BCUT2D eigenvalue weighted by molar-refractivity contribution is 5.76. The molecule has 1 unspecified atom stereocenters. The van der Waals surface area contributed by atoms with E-state index in [-0.39, 0.29) is 0 Å². The van der Waals surface area contributed by atoms with Gasteiger partial charge in [0.2, 0.25) is 5.91 Å². The normalized spacial score (nSPS) is 29.2. The Morgan fingerprint density at radius 1 is 1.05 bits per heavy atom. The lowest BCUT2D eigenvalue weighted by Crippen LogP contribution is -2.56. The minimum absolute atomic E-state index is 0.411. The third kappa shape index (κ3) is 3.53. The van der Waals surface area contributed by atoms with E-state index in [0.717, 1.165) is 51.5 Å². The molecule has 1 amide bonds. The number of fused-ring (bicyclic) bond motifs is 1. The van der Waals surface area contributed by atoms with Gasteiger partial charge in [0.1, 0.15) is 0 Å². The molecule has 114 valence electrons. The maximum Gasteiger partial charge on any atom is 0.222 e. The van der Waals surface area contributed by atoms with Gasteiger partial charge in [-0.15, -0.1) is 0 Å². The summed E-state index contributed by atoms with van der Waals surface area (Å²) in [6.45, 7) is 6.58. The van der Waals surface area contributed by atoms with Crippen LogP contribution in [0.25, 0.3) is 0 Å². The lowest BCUT2D eigenvalue weighted by Gasteiger charge is -2.44. The average molecular weight is 279 g/mol. The molecule has 3 aliphatic heterocycles. The zero-order valence-electron chi connectivity index (χ0n) is 12.6. The highest BCUT2D eigenvalue weighted by Crippen LogP contribution is 2.23. The molecule has 3 saturated heterocycles. The Bertz CT molecular complexity index is 328. The van der Waals surface area contributed by atoms with Crippen molar-refractivity contribution in [2.24, 2.45) is 5.92 Å². The van der Waals surface area contributed by atoms with Crippen LogP contribution < -0.4 is 5.32 Å². The fourth-order valence-corrected chi connectivity index (χ4v) is 4.04. The van der Waals surface area contributed by atoms with Crippen LogP contribution in [0.5, 0.6) is 0 Å². The zero-order valence-corrected chi connectivity index (χ0v) is 12.6. The Labute approximate surface area is 122 Å². The summed E-state index contributed by atoms with van der Waals surface area (Å²) in [5.74, 6) is 1.19. The van der Waals surface area contributed by atoms with Gasteiger partial charge in [0.15, 0.2) is 0 Å². The maximum atomic E-state index is 12.4. The van der Waals surface area contributed by atoms with Crippen LogP contribution in [0.2, 0.25) is 0 Å². The number of piperazine rings is 1. The van der Waals surface area contributed by atoms with Crippen LogP contribution in [0.1, 0.15) is 44.9 Å². The quantitative estimate of drug-likeness (QED) is 0.849. The molecule has 0 spiro atoms. The third-order valence-electron chi connectivity index (χ3n) is 5.42. The molecular weight excluding hydrogens is 250 g/mol. The predicted molar refractivity (Wildman–Crippen MR) is 80.6 cm³/mol. The van der Waals surface area contributed by atoms with Crippen molar-refractivity contribution in [2.45, 2.75) is 51.0 Å². The fourth-order valence-electron chi connectivity index (χ4n) is 4.04. The molecule has 0 aliphatic carbocycles. The van der Waals surface area contributed by atoms with Gasteiger partial charge in [-0.3, -0.25) is 9.69 Å². The smallest absolute Gasteiger partial charge is 0.222 e. The van der Waals surface area contributed by atoms with Gasteiger partial charge in [-0.25, -0.2) is 0 Å². The Morgan fingerprint density at radius 3 is 2.75 bits per heavy atom. The Balaban J connectivity index is 1.42. The molecule has 3 fully saturated rings. The van der Waals surface area contributed by atoms with Gasteiger partial charge < -0.3 is 10.2 Å². The first kappa shape index (κ1) is 14.3. The second-order valence-electron chi connectivity index (χ2n) is 6.76. The van der Waals surface area contributed by atoms with Crippen molar-refractivity contribution in [2.75, 3.05) is 39.3 Å². The molecule has 4 heteroatoms. The topological polar surface area (TPSA) is 35.6 Å². The zero-order chi connectivity index (χ0) is 13.8. The second-order valence-corrected chi connectivity index (χ2v) is 6.76. The van der Waals surface area contributed by atoms with Crippen molar-refractivity contribution >= 4 is 5.91 Å². The van der Waals surface area contributed by atoms with Gasteiger partial charge in [0, 0.05) is 32.1 Å². The third-order valence-corrected chi connectivity index (χ3v) is 5.42. The summed E-state index contributed by atoms with van der Waals surface area (Å²) in [4.78, 5) is 17.2. The fraction of sp³-hybridized carbons (Fsp3) is 0.938. The average Bonchev–Trinajstić information content (AvgIpc) is 2.53. The van der Waals surface area contributed by atoms with Crippen LogP contribution in [0.15, 0.2) is 0 Å². The Kier molecular flexibility index (Phi) is 4.94. The van der Waals surface area contributed by atoms with E-state index < -0.39 is 0 Å². The van der Waals surface area contributed by atoms with E-state index >= 15 is 0 Å². The van der Waals surface area contributed by atoms with Crippen molar-refractivity contribution in [1.29, 1.82) is 0 Å². The minimum atomic E-state index is 0.411. The molecule has 3 rings (SSSR count). The van der Waals surface area contributed by atoms with Crippen LogP contribution in [0.3, 0.4) is 0 Å². The summed E-state index contributed by atoms with van der Waals surface area (Å²) < 4.78 is 0. The summed E-state index contributed by atoms with van der Waals surface area (Å²) in [5.41, 5.74) is 0. The summed E-state index contributed by atoms with van der Waals surface area (Å²) >= 11 is 0. The number of carbonyl (C=O) groups excluding carboxylic acids is 1. The molecule has 3 heterocycles. The lowest BCUT2D eigenvalue weighted by molar-refractivity contribution is -0.135. The molecule has 0 bridgehead atoms. The number of amides is 1. The molecule has 0 aromatic rings. The summed E-state index contributed by atoms with van der Waals surface area (Å²) in [6, 6.07) is 0.653. The lowest BCUT2D eigenvalue weighted by atomic mass is 9.92. The first-order chi connectivity index (χ1) is 9.83. The Morgan fingerprint density at radius 2 is 1.90 bits per heavy atom. The molecule has 0 radical (unpaired) electrons. The van der Waals surface area contributed by atoms with Crippen LogP contribution in [-0.2, 0) is 4.79 Å². The molecule has 0 aromatic carbocycles. The summed E-state index contributed by atoms with van der Waals surface area (Å²) in [7, 11) is 0. The van der Waals surface area contributed by atoms with Crippen molar-refractivity contribution in [3.8, 4) is 0 Å². The van der Waals surface area contributed by atoms with E-state index in [1.54, 1.807) is 0 Å². The summed E-state index contributed by atoms with van der Waals surface area (Å²) in [5, 5.41) is 3.40. The number of carbonyl (C=O) groups is 1. The van der Waals surface area contributed by atoms with Crippen LogP contribution in [0.4, 0.5) is 0 Å². The predicted octanol–water partition coefficient (Wildman–Crippen LogP) is 1.46. The standard InChI is InChI=1S/C16H29N3O/c20-16(5-4-14-6-8-17-9-7-14)19-12-11-18-10-2-1-3-15(18)13-19/h14-15,17H,1-13H2. The minimum Gasteiger partial charge on any atom is -0.340 e. The van der Waals surface area contributed by atoms with E-state index in [1.807, 2.05) is 0 Å². The van der Waals surface area contributed by atoms with E-state index in [4.69, 9.17) is 0 Å². The van der Waals surface area contributed by atoms with Gasteiger partial charge in [-0.2, -0.15) is 0 Å². The highest BCUT2D eigenvalue weighted by atomic mass is 16.2. The van der Waals surface area contributed by atoms with Gasteiger partial charge in [0.05, 0.1) is 0 Å². The molecule has 4 nitrogen and oxygen atoms in total. The molecule has 3 aliphatic rings. The highest BCUT2D eigenvalue weighted by Gasteiger charge is 2.30. The Hall–Kier alpha value is -0.610. The molecular formula is C16H29N3O. The second kappa shape index (κ2) is 6.90. The van der Waals surface area contributed by atoms with Crippen molar-refractivity contribution < 1.29 is 4.79 Å². The van der Waals surface area contributed by atoms with E-state index in [1.165, 1.54) is 38.6 Å². The van der Waals surface area contributed by atoms with Crippen molar-refractivity contribution in [3.63, 3.8) is 0 Å². The number of hydrogen-bond donors (Lipinski definition) is 1. The first-order valence-corrected chi connectivity index (χ1v) is 8.55. The van der Waals surface area contributed by atoms with E-state index in [2.05, 4.69) is 15.1 Å². The monoisotopic (exact) mass is 279 g/mol. The molecule has 0 aromatic heterocycles. The number of piperidine rings is 2. The SMILES string of the molecule is O=C(CCC1CCNCC1)N1CCN2CCCCC2C1. The largest absolute Gasteiger partial charge is 0.340 e. The van der Waals surface area contributed by atoms with Crippen LogP contribution in [-0.4, -0.2) is 61.0 Å². The number of hydrogen-bond acceptors (Lipinski definition) is 3. The molecule has 20 heavy (non-hydrogen) atoms. The molecule has 1 N–H and O–H groups in total. The van der Waals surface area contributed by atoms with Crippen LogP contribution >= 0.6 is 0 Å². The van der Waals surface area contributed by atoms with Gasteiger partial charge >= 0.3 is 0 Å². The number of nitrogens with one attached hydrogen (secondary N) is 1. The maximum absolute atomic E-state index is 12.4. The number of nitrogens with zero attached hydrogens (tertiary/aromatic N) is 2. The molecule has 0 saturated carbocycles. The molecule has 1 atom stereocenters. The first-order valence-electron chi connectivity index (χ1n) is 8.55. The van der Waals surface area contributed by atoms with Crippen molar-refractivity contribution in [1.82, 2.24) is 15.1 Å². The van der Waals surface area contributed by atoms with Crippen molar-refractivity contribution in [3.05, 3.63) is 0 Å². The van der Waals surface area contributed by atoms with Gasteiger partial charge in [-0.1, -0.05) is 6.42 Å². The van der Waals surface area contributed by atoms with Gasteiger partial charge in [0.25, 0.3) is 0 Å². The van der Waals surface area contributed by atoms with E-state index in [9.17, 15) is 4.79 Å². The summed E-state index contributed by atoms with van der Waals surface area (Å²) in [6.07, 6.45) is 8.37. The number of rotatable bonds is 3. The van der Waals surface area contributed by atoms with Crippen LogP contribution in [0, 0.1) is 5.92 Å². The van der Waals surface area contributed by atoms with E-state index in [0.29, 0.717) is 11.9 Å². The van der Waals surface area contributed by atoms with Gasteiger partial charge in [-0.05, 0) is 57.7 Å².